The van der Waals surface area contributed by atoms with Gasteiger partial charge in [-0.2, -0.15) is 0 Å². The maximum absolute atomic E-state index is 11.8. The third-order valence-corrected chi connectivity index (χ3v) is 2.86. The van der Waals surface area contributed by atoms with E-state index in [0.29, 0.717) is 33.0 Å². The van der Waals surface area contributed by atoms with Crippen molar-refractivity contribution in [3.63, 3.8) is 0 Å². The number of hydrogen-bond acceptors (Lipinski definition) is 4. The van der Waals surface area contributed by atoms with Crippen LogP contribution >= 0.6 is 0 Å². The van der Waals surface area contributed by atoms with Crippen LogP contribution in [0.25, 0.3) is 0 Å². The van der Waals surface area contributed by atoms with Gasteiger partial charge in [-0.15, -0.1) is 0 Å². The average molecular weight is 214 g/mol. The highest BCUT2D eigenvalue weighted by Gasteiger charge is 2.31. The van der Waals surface area contributed by atoms with Crippen LogP contribution in [0.3, 0.4) is 0 Å². The zero-order valence-corrected chi connectivity index (χ0v) is 9.07. The molecule has 5 heteroatoms. The number of rotatable bonds is 3. The van der Waals surface area contributed by atoms with Crippen LogP contribution in [0.1, 0.15) is 13.3 Å². The molecule has 5 nitrogen and oxygen atoms in total. The molecule has 2 aliphatic heterocycles. The molecule has 0 spiro atoms. The maximum Gasteiger partial charge on any atom is 0.240 e. The largest absolute Gasteiger partial charge is 0.376 e. The predicted molar refractivity (Wildman–Crippen MR) is 54.4 cm³/mol. The van der Waals surface area contributed by atoms with Gasteiger partial charge in [0.25, 0.3) is 0 Å². The van der Waals surface area contributed by atoms with Crippen molar-refractivity contribution < 1.29 is 14.3 Å². The lowest BCUT2D eigenvalue weighted by Crippen LogP contribution is -2.41. The number of carbonyl (C=O) groups is 1. The normalized spacial score (nSPS) is 32.3. The van der Waals surface area contributed by atoms with Crippen molar-refractivity contribution in [2.75, 3.05) is 33.0 Å². The standard InChI is InChI=1S/C10H18N2O3/c1-2-9-10(13)12(7-11-9)5-8-6-14-3-4-15-8/h8-9,11H,2-7H2,1H3. The van der Waals surface area contributed by atoms with Crippen molar-refractivity contribution in [2.45, 2.75) is 25.5 Å². The molecule has 15 heavy (non-hydrogen) atoms. The molecule has 0 radical (unpaired) electrons. The molecule has 0 aromatic rings. The van der Waals surface area contributed by atoms with Gasteiger partial charge in [-0.3, -0.25) is 10.1 Å². The highest BCUT2D eigenvalue weighted by Crippen LogP contribution is 2.10. The number of hydrogen-bond donors (Lipinski definition) is 1. The Balaban J connectivity index is 1.82. The lowest BCUT2D eigenvalue weighted by Gasteiger charge is -2.26. The van der Waals surface area contributed by atoms with Crippen molar-refractivity contribution in [1.29, 1.82) is 0 Å². The summed E-state index contributed by atoms with van der Waals surface area (Å²) >= 11 is 0. The van der Waals surface area contributed by atoms with Gasteiger partial charge in [-0.05, 0) is 6.42 Å². The summed E-state index contributed by atoms with van der Waals surface area (Å²) in [7, 11) is 0. The van der Waals surface area contributed by atoms with Crippen LogP contribution in [0.5, 0.6) is 0 Å². The van der Waals surface area contributed by atoms with Crippen LogP contribution in [0, 0.1) is 0 Å². The third kappa shape index (κ3) is 2.48. The molecule has 1 N–H and O–H groups in total. The second-order valence-corrected chi connectivity index (χ2v) is 3.95. The van der Waals surface area contributed by atoms with Crippen LogP contribution in [0.4, 0.5) is 0 Å². The van der Waals surface area contributed by atoms with Crippen molar-refractivity contribution in [3.8, 4) is 0 Å². The maximum atomic E-state index is 11.8. The van der Waals surface area contributed by atoms with Crippen LogP contribution in [0.15, 0.2) is 0 Å². The fraction of sp³-hybridized carbons (Fsp3) is 0.900. The van der Waals surface area contributed by atoms with Gasteiger partial charge in [0.2, 0.25) is 5.91 Å². The first kappa shape index (κ1) is 10.9. The number of nitrogens with one attached hydrogen (secondary N) is 1. The Morgan fingerprint density at radius 1 is 1.53 bits per heavy atom. The van der Waals surface area contributed by atoms with Crippen molar-refractivity contribution in [3.05, 3.63) is 0 Å². The minimum absolute atomic E-state index is 0.00508. The summed E-state index contributed by atoms with van der Waals surface area (Å²) in [5.41, 5.74) is 0. The molecule has 0 aliphatic carbocycles. The number of carbonyl (C=O) groups excluding carboxylic acids is 1. The minimum Gasteiger partial charge on any atom is -0.376 e. The van der Waals surface area contributed by atoms with Gasteiger partial charge in [0, 0.05) is 0 Å². The van der Waals surface area contributed by atoms with E-state index in [2.05, 4.69) is 5.32 Å². The van der Waals surface area contributed by atoms with E-state index in [4.69, 9.17) is 9.47 Å². The van der Waals surface area contributed by atoms with E-state index in [1.165, 1.54) is 0 Å². The van der Waals surface area contributed by atoms with Gasteiger partial charge in [0.15, 0.2) is 0 Å². The fourth-order valence-electron chi connectivity index (χ4n) is 1.97. The molecular weight excluding hydrogens is 196 g/mol. The SMILES string of the molecule is CCC1NCN(CC2COCCO2)C1=O. The van der Waals surface area contributed by atoms with Crippen LogP contribution < -0.4 is 5.32 Å². The molecule has 2 saturated heterocycles. The highest BCUT2D eigenvalue weighted by atomic mass is 16.6. The summed E-state index contributed by atoms with van der Waals surface area (Å²) in [5, 5.41) is 3.18. The first-order valence-corrected chi connectivity index (χ1v) is 5.52. The Morgan fingerprint density at radius 2 is 2.40 bits per heavy atom. The molecule has 2 unspecified atom stereocenters. The summed E-state index contributed by atoms with van der Waals surface area (Å²) < 4.78 is 10.8. The van der Waals surface area contributed by atoms with E-state index in [0.717, 1.165) is 6.42 Å². The number of ether oxygens (including phenoxy) is 2. The van der Waals surface area contributed by atoms with Gasteiger partial charge in [-0.1, -0.05) is 6.92 Å². The van der Waals surface area contributed by atoms with Gasteiger partial charge in [0.1, 0.15) is 0 Å². The van der Waals surface area contributed by atoms with Crippen molar-refractivity contribution >= 4 is 5.91 Å². The zero-order chi connectivity index (χ0) is 10.7. The lowest BCUT2D eigenvalue weighted by molar-refractivity contribution is -0.135. The highest BCUT2D eigenvalue weighted by molar-refractivity contribution is 5.83. The molecule has 2 heterocycles. The zero-order valence-electron chi connectivity index (χ0n) is 9.07. The van der Waals surface area contributed by atoms with Gasteiger partial charge in [0.05, 0.1) is 45.2 Å². The molecule has 0 aromatic carbocycles. The quantitative estimate of drug-likeness (QED) is 0.692. The molecule has 0 bridgehead atoms. The summed E-state index contributed by atoms with van der Waals surface area (Å²) in [4.78, 5) is 13.6. The molecule has 2 fully saturated rings. The van der Waals surface area contributed by atoms with Crippen LogP contribution in [0.2, 0.25) is 0 Å². The summed E-state index contributed by atoms with van der Waals surface area (Å²) in [5.74, 6) is 0.187. The van der Waals surface area contributed by atoms with E-state index in [1.807, 2.05) is 11.8 Å². The van der Waals surface area contributed by atoms with Gasteiger partial charge >= 0.3 is 0 Å². The Bertz CT molecular complexity index is 229. The van der Waals surface area contributed by atoms with E-state index in [1.54, 1.807) is 0 Å². The topological polar surface area (TPSA) is 50.8 Å². The molecule has 86 valence electrons. The second kappa shape index (κ2) is 4.92. The van der Waals surface area contributed by atoms with Crippen molar-refractivity contribution in [1.82, 2.24) is 10.2 Å². The smallest absolute Gasteiger partial charge is 0.240 e. The summed E-state index contributed by atoms with van der Waals surface area (Å²) in [6.45, 7) is 5.19. The molecule has 0 saturated carbocycles. The minimum atomic E-state index is -0.00508. The Kier molecular flexibility index (Phi) is 3.56. The predicted octanol–water partition coefficient (Wildman–Crippen LogP) is -0.430. The summed E-state index contributed by atoms with van der Waals surface area (Å²) in [6, 6.07) is -0.00508. The molecule has 0 aromatic heterocycles. The molecular formula is C10H18N2O3. The Morgan fingerprint density at radius 3 is 3.00 bits per heavy atom. The molecule has 1 amide bonds. The summed E-state index contributed by atoms with van der Waals surface area (Å²) in [6.07, 6.45) is 0.886. The number of nitrogens with zero attached hydrogens (tertiary/aromatic N) is 1. The second-order valence-electron chi connectivity index (χ2n) is 3.95. The molecule has 2 aliphatic rings. The Hall–Kier alpha value is -0.650. The van der Waals surface area contributed by atoms with Gasteiger partial charge < -0.3 is 14.4 Å². The third-order valence-electron chi connectivity index (χ3n) is 2.86. The van der Waals surface area contributed by atoms with Crippen LogP contribution in [-0.4, -0.2) is 56.0 Å². The first-order valence-electron chi connectivity index (χ1n) is 5.52. The van der Waals surface area contributed by atoms with Crippen molar-refractivity contribution in [2.24, 2.45) is 0 Å². The molecule has 2 atom stereocenters. The monoisotopic (exact) mass is 214 g/mol. The van der Waals surface area contributed by atoms with Gasteiger partial charge in [-0.25, -0.2) is 0 Å². The van der Waals surface area contributed by atoms with E-state index in [9.17, 15) is 4.79 Å². The molecule has 2 rings (SSSR count). The van der Waals surface area contributed by atoms with E-state index >= 15 is 0 Å². The van der Waals surface area contributed by atoms with E-state index < -0.39 is 0 Å². The fourth-order valence-corrected chi connectivity index (χ4v) is 1.97. The lowest BCUT2D eigenvalue weighted by atomic mass is 10.2. The Labute approximate surface area is 89.7 Å². The average Bonchev–Trinajstić information content (AvgIpc) is 2.62. The number of amides is 1. The first-order chi connectivity index (χ1) is 7.31. The van der Waals surface area contributed by atoms with Crippen LogP contribution in [-0.2, 0) is 14.3 Å². The van der Waals surface area contributed by atoms with E-state index in [-0.39, 0.29) is 18.1 Å².